The summed E-state index contributed by atoms with van der Waals surface area (Å²) in [6.45, 7) is 1.37. The average Bonchev–Trinajstić information content (AvgIpc) is 2.74. The summed E-state index contributed by atoms with van der Waals surface area (Å²) in [7, 11) is -3.48. The molecule has 0 atom stereocenters. The van der Waals surface area contributed by atoms with E-state index in [1.807, 2.05) is 6.07 Å². The van der Waals surface area contributed by atoms with Crippen molar-refractivity contribution in [3.63, 3.8) is 0 Å². The lowest BCUT2D eigenvalue weighted by Crippen LogP contribution is -2.41. The molecule has 30 heavy (non-hydrogen) atoms. The largest absolute Gasteiger partial charge is 0.478 e. The van der Waals surface area contributed by atoms with Gasteiger partial charge in [-0.25, -0.2) is 13.2 Å². The fraction of sp³-hybridized carbons (Fsp3) is 0.250. The van der Waals surface area contributed by atoms with E-state index in [9.17, 15) is 23.1 Å². The Labute approximate surface area is 173 Å². The number of carboxylic acid groups (broad SMARTS) is 1. The lowest BCUT2D eigenvalue weighted by atomic mass is 10.1. The summed E-state index contributed by atoms with van der Waals surface area (Å²) in [5, 5.41) is 20.7. The maximum absolute atomic E-state index is 12.5. The van der Waals surface area contributed by atoms with Gasteiger partial charge >= 0.3 is 5.97 Å². The lowest BCUT2D eigenvalue weighted by Gasteiger charge is -2.26. The minimum absolute atomic E-state index is 0.0606. The van der Waals surface area contributed by atoms with Crippen molar-refractivity contribution in [1.82, 2.24) is 4.31 Å². The molecule has 156 valence electrons. The molecule has 2 aromatic carbocycles. The topological polar surface area (TPSA) is 137 Å². The SMILES string of the molecule is N#Cc1ccc(NC(=O)c2ccc(CS(=O)(=O)N3CCOCC3)cc2)c(C(=O)O)c1. The van der Waals surface area contributed by atoms with Crippen molar-refractivity contribution in [2.45, 2.75) is 5.75 Å². The summed E-state index contributed by atoms with van der Waals surface area (Å²) in [5.74, 6) is -2.01. The van der Waals surface area contributed by atoms with E-state index in [4.69, 9.17) is 10.00 Å². The second kappa shape index (κ2) is 9.04. The van der Waals surface area contributed by atoms with E-state index in [2.05, 4.69) is 5.32 Å². The molecule has 2 N–H and O–H groups in total. The van der Waals surface area contributed by atoms with Crippen LogP contribution >= 0.6 is 0 Å². The molecule has 0 aliphatic carbocycles. The van der Waals surface area contributed by atoms with Crippen molar-refractivity contribution in [2.24, 2.45) is 0 Å². The number of nitrogens with one attached hydrogen (secondary N) is 1. The highest BCUT2D eigenvalue weighted by Crippen LogP contribution is 2.19. The number of hydrogen-bond acceptors (Lipinski definition) is 6. The molecule has 2 aromatic rings. The number of sulfonamides is 1. The molecular formula is C20H19N3O6S. The third-order valence-corrected chi connectivity index (χ3v) is 6.41. The summed E-state index contributed by atoms with van der Waals surface area (Å²) >= 11 is 0. The van der Waals surface area contributed by atoms with Crippen LogP contribution in [-0.4, -0.2) is 56.0 Å². The zero-order valence-electron chi connectivity index (χ0n) is 15.9. The first-order valence-electron chi connectivity index (χ1n) is 9.03. The van der Waals surface area contributed by atoms with E-state index >= 15 is 0 Å². The Morgan fingerprint density at radius 3 is 2.40 bits per heavy atom. The summed E-state index contributed by atoms with van der Waals surface area (Å²) in [4.78, 5) is 23.9. The molecular weight excluding hydrogens is 410 g/mol. The Balaban J connectivity index is 1.71. The predicted molar refractivity (Wildman–Crippen MR) is 108 cm³/mol. The van der Waals surface area contributed by atoms with Crippen molar-refractivity contribution < 1.29 is 27.9 Å². The van der Waals surface area contributed by atoms with Crippen LogP contribution in [0.25, 0.3) is 0 Å². The summed E-state index contributed by atoms with van der Waals surface area (Å²) in [6, 6.07) is 11.8. The summed E-state index contributed by atoms with van der Waals surface area (Å²) < 4.78 is 31.5. The van der Waals surface area contributed by atoms with Gasteiger partial charge in [0, 0.05) is 18.7 Å². The lowest BCUT2D eigenvalue weighted by molar-refractivity contribution is 0.0698. The summed E-state index contributed by atoms with van der Waals surface area (Å²) in [5.41, 5.74) is 0.795. The van der Waals surface area contributed by atoms with E-state index in [0.29, 0.717) is 31.9 Å². The molecule has 10 heteroatoms. The second-order valence-corrected chi connectivity index (χ2v) is 8.56. The molecule has 0 aromatic heterocycles. The van der Waals surface area contributed by atoms with Crippen molar-refractivity contribution in [3.05, 3.63) is 64.7 Å². The number of carbonyl (C=O) groups excluding carboxylic acids is 1. The van der Waals surface area contributed by atoms with Gasteiger partial charge in [-0.1, -0.05) is 12.1 Å². The number of nitrogens with zero attached hydrogens (tertiary/aromatic N) is 2. The highest BCUT2D eigenvalue weighted by Gasteiger charge is 2.24. The standard InChI is InChI=1S/C20H19N3O6S/c21-12-15-3-6-18(17(11-15)20(25)26)22-19(24)16-4-1-14(2-5-16)13-30(27,28)23-7-9-29-10-8-23/h1-6,11H,7-10,13H2,(H,22,24)(H,25,26). The molecule has 9 nitrogen and oxygen atoms in total. The number of morpholine rings is 1. The fourth-order valence-corrected chi connectivity index (χ4v) is 4.47. The van der Waals surface area contributed by atoms with Gasteiger partial charge in [-0.3, -0.25) is 4.79 Å². The Morgan fingerprint density at radius 2 is 1.80 bits per heavy atom. The van der Waals surface area contributed by atoms with Crippen LogP contribution in [0.4, 0.5) is 5.69 Å². The fourth-order valence-electron chi connectivity index (χ4n) is 2.97. The Hall–Kier alpha value is -3.26. The minimum atomic E-state index is -3.48. The van der Waals surface area contributed by atoms with E-state index < -0.39 is 21.9 Å². The zero-order chi connectivity index (χ0) is 21.7. The van der Waals surface area contributed by atoms with Gasteiger partial charge in [-0.15, -0.1) is 0 Å². The smallest absolute Gasteiger partial charge is 0.337 e. The van der Waals surface area contributed by atoms with Crippen LogP contribution in [0.2, 0.25) is 0 Å². The van der Waals surface area contributed by atoms with Gasteiger partial charge in [0.15, 0.2) is 0 Å². The van der Waals surface area contributed by atoms with Gasteiger partial charge in [0.05, 0.1) is 41.9 Å². The molecule has 0 unspecified atom stereocenters. The average molecular weight is 429 g/mol. The number of aromatic carboxylic acids is 1. The van der Waals surface area contributed by atoms with Crippen LogP contribution in [0.3, 0.4) is 0 Å². The number of carbonyl (C=O) groups is 2. The molecule has 0 saturated carbocycles. The number of carboxylic acids is 1. The van der Waals surface area contributed by atoms with E-state index in [1.54, 1.807) is 12.1 Å². The van der Waals surface area contributed by atoms with Gasteiger partial charge in [0.2, 0.25) is 10.0 Å². The normalized spacial score (nSPS) is 14.6. The van der Waals surface area contributed by atoms with Gasteiger partial charge < -0.3 is 15.2 Å². The van der Waals surface area contributed by atoms with Gasteiger partial charge in [0.1, 0.15) is 0 Å². The maximum Gasteiger partial charge on any atom is 0.337 e. The quantitative estimate of drug-likeness (QED) is 0.712. The van der Waals surface area contributed by atoms with Crippen molar-refractivity contribution in [1.29, 1.82) is 5.26 Å². The van der Waals surface area contributed by atoms with Gasteiger partial charge in [-0.2, -0.15) is 9.57 Å². The number of ether oxygens (including phenoxy) is 1. The van der Waals surface area contributed by atoms with Crippen LogP contribution in [-0.2, 0) is 20.5 Å². The highest BCUT2D eigenvalue weighted by atomic mass is 32.2. The molecule has 0 spiro atoms. The maximum atomic E-state index is 12.5. The van der Waals surface area contributed by atoms with Crippen LogP contribution < -0.4 is 5.32 Å². The monoisotopic (exact) mass is 429 g/mol. The van der Waals surface area contributed by atoms with Crippen molar-refractivity contribution in [3.8, 4) is 6.07 Å². The van der Waals surface area contributed by atoms with Crippen LogP contribution in [0, 0.1) is 11.3 Å². The van der Waals surface area contributed by atoms with Gasteiger partial charge in [-0.05, 0) is 35.9 Å². The molecule has 0 bridgehead atoms. The Bertz CT molecular complexity index is 1100. The molecule has 1 fully saturated rings. The molecule has 0 radical (unpaired) electrons. The van der Waals surface area contributed by atoms with Gasteiger partial charge in [0.25, 0.3) is 5.91 Å². The zero-order valence-corrected chi connectivity index (χ0v) is 16.7. The third kappa shape index (κ3) is 5.01. The molecule has 1 aliphatic rings. The van der Waals surface area contributed by atoms with Crippen LogP contribution in [0.1, 0.15) is 31.8 Å². The number of anilines is 1. The van der Waals surface area contributed by atoms with E-state index in [0.717, 1.165) is 0 Å². The van der Waals surface area contributed by atoms with Crippen LogP contribution in [0.15, 0.2) is 42.5 Å². The second-order valence-electron chi connectivity index (χ2n) is 6.60. The first kappa shape index (κ1) is 21.4. The van der Waals surface area contributed by atoms with Crippen molar-refractivity contribution in [2.75, 3.05) is 31.6 Å². The number of amides is 1. The van der Waals surface area contributed by atoms with E-state index in [-0.39, 0.29) is 28.1 Å². The molecule has 3 rings (SSSR count). The van der Waals surface area contributed by atoms with E-state index in [1.165, 1.54) is 34.6 Å². The number of benzene rings is 2. The minimum Gasteiger partial charge on any atom is -0.478 e. The molecule has 1 heterocycles. The third-order valence-electron chi connectivity index (χ3n) is 4.56. The molecule has 1 aliphatic heterocycles. The molecule has 1 amide bonds. The first-order chi connectivity index (χ1) is 14.3. The van der Waals surface area contributed by atoms with Crippen molar-refractivity contribution >= 4 is 27.6 Å². The Morgan fingerprint density at radius 1 is 1.13 bits per heavy atom. The molecule has 1 saturated heterocycles. The first-order valence-corrected chi connectivity index (χ1v) is 10.6. The number of nitriles is 1. The Kier molecular flexibility index (Phi) is 6.47. The van der Waals surface area contributed by atoms with Crippen LogP contribution in [0.5, 0.6) is 0 Å². The summed E-state index contributed by atoms with van der Waals surface area (Å²) in [6.07, 6.45) is 0. The highest BCUT2D eigenvalue weighted by molar-refractivity contribution is 7.88. The number of hydrogen-bond donors (Lipinski definition) is 2. The number of rotatable bonds is 6. The predicted octanol–water partition coefficient (Wildman–Crippen LogP) is 1.67.